The topological polar surface area (TPSA) is 84.5 Å². The molecule has 0 bridgehead atoms. The van der Waals surface area contributed by atoms with Crippen LogP contribution in [0, 0.1) is 0 Å². The van der Waals surface area contributed by atoms with E-state index in [1.165, 1.54) is 30.7 Å². The number of carbonyl (C=O) groups is 1. The van der Waals surface area contributed by atoms with Crippen molar-refractivity contribution in [3.63, 3.8) is 0 Å². The summed E-state index contributed by atoms with van der Waals surface area (Å²) < 4.78 is 33.3. The van der Waals surface area contributed by atoms with Crippen molar-refractivity contribution >= 4 is 39.1 Å². The predicted molar refractivity (Wildman–Crippen MR) is 122 cm³/mol. The third kappa shape index (κ3) is 6.84. The second-order valence-corrected chi connectivity index (χ2v) is 10.2. The predicted octanol–water partition coefficient (Wildman–Crippen LogP) is 4.69. The Hall–Kier alpha value is -1.80. The van der Waals surface area contributed by atoms with Crippen molar-refractivity contribution in [2.75, 3.05) is 0 Å². The number of hydrogen-bond acceptors (Lipinski definition) is 4. The average molecular weight is 485 g/mol. The number of rotatable bonds is 8. The molecule has 2 aromatic carbocycles. The van der Waals surface area contributed by atoms with Gasteiger partial charge in [0.2, 0.25) is 10.0 Å². The minimum atomic E-state index is -3.74. The largest absolute Gasteiger partial charge is 0.481 e. The van der Waals surface area contributed by atoms with Crippen LogP contribution in [0.1, 0.15) is 44.6 Å². The van der Waals surface area contributed by atoms with Gasteiger partial charge in [-0.05, 0) is 61.7 Å². The highest BCUT2D eigenvalue weighted by Gasteiger charge is 2.21. The van der Waals surface area contributed by atoms with E-state index in [2.05, 4.69) is 10.0 Å². The van der Waals surface area contributed by atoms with Crippen LogP contribution >= 0.6 is 23.2 Å². The lowest BCUT2D eigenvalue weighted by Gasteiger charge is -2.24. The van der Waals surface area contributed by atoms with Crippen LogP contribution in [0.4, 0.5) is 0 Å². The fraction of sp³-hybridized carbons (Fsp3) is 0.409. The summed E-state index contributed by atoms with van der Waals surface area (Å²) in [4.78, 5) is 12.4. The van der Waals surface area contributed by atoms with Crippen molar-refractivity contribution in [2.24, 2.45) is 0 Å². The highest BCUT2D eigenvalue weighted by atomic mass is 35.5. The first kappa shape index (κ1) is 23.9. The Bertz CT molecular complexity index is 1010. The summed E-state index contributed by atoms with van der Waals surface area (Å²) in [5.74, 6) is 0.260. The number of nitrogens with one attached hydrogen (secondary N) is 2. The molecule has 0 radical (unpaired) electrons. The van der Waals surface area contributed by atoms with Crippen molar-refractivity contribution in [3.8, 4) is 5.75 Å². The molecule has 2 aromatic rings. The van der Waals surface area contributed by atoms with E-state index in [-0.39, 0.29) is 23.4 Å². The second kappa shape index (κ2) is 10.7. The van der Waals surface area contributed by atoms with Gasteiger partial charge in [0.25, 0.3) is 5.91 Å². The van der Waals surface area contributed by atoms with Crippen LogP contribution in [0.2, 0.25) is 10.0 Å². The summed E-state index contributed by atoms with van der Waals surface area (Å²) in [5.41, 5.74) is 0.618. The van der Waals surface area contributed by atoms with Gasteiger partial charge in [-0.15, -0.1) is 0 Å². The van der Waals surface area contributed by atoms with E-state index < -0.39 is 16.1 Å². The van der Waals surface area contributed by atoms with Gasteiger partial charge in [0, 0.05) is 22.6 Å². The Morgan fingerprint density at radius 3 is 2.42 bits per heavy atom. The summed E-state index contributed by atoms with van der Waals surface area (Å²) in [5, 5.41) is 3.89. The van der Waals surface area contributed by atoms with E-state index >= 15 is 0 Å². The third-order valence-corrected chi connectivity index (χ3v) is 7.24. The summed E-state index contributed by atoms with van der Waals surface area (Å²) >= 11 is 12.0. The van der Waals surface area contributed by atoms with Crippen LogP contribution in [0.5, 0.6) is 5.75 Å². The molecule has 0 unspecified atom stereocenters. The molecule has 2 N–H and O–H groups in total. The molecule has 0 aromatic heterocycles. The van der Waals surface area contributed by atoms with E-state index in [0.29, 0.717) is 21.4 Å². The van der Waals surface area contributed by atoms with Crippen molar-refractivity contribution < 1.29 is 17.9 Å². The van der Waals surface area contributed by atoms with Crippen molar-refractivity contribution in [1.29, 1.82) is 0 Å². The minimum Gasteiger partial charge on any atom is -0.481 e. The zero-order valence-electron chi connectivity index (χ0n) is 17.2. The molecule has 0 aliphatic heterocycles. The number of sulfonamides is 1. The lowest BCUT2D eigenvalue weighted by Crippen LogP contribution is -2.43. The van der Waals surface area contributed by atoms with Crippen LogP contribution in [-0.4, -0.2) is 26.5 Å². The Morgan fingerprint density at radius 2 is 1.77 bits per heavy atom. The SMILES string of the molecule is C[C@H](Oc1ccc(S(=O)(=O)NCc2ccc(Cl)cc2Cl)cc1)C(=O)NC1CCCCC1. The molecule has 9 heteroatoms. The monoisotopic (exact) mass is 484 g/mol. The number of halogens is 2. The molecule has 1 saturated carbocycles. The summed E-state index contributed by atoms with van der Waals surface area (Å²) in [6, 6.07) is 11.0. The molecular weight excluding hydrogens is 459 g/mol. The molecule has 3 rings (SSSR count). The number of amides is 1. The van der Waals surface area contributed by atoms with Gasteiger partial charge in [-0.1, -0.05) is 48.5 Å². The summed E-state index contributed by atoms with van der Waals surface area (Å²) in [6.07, 6.45) is 4.81. The second-order valence-electron chi connectivity index (χ2n) is 7.64. The first-order valence-corrected chi connectivity index (χ1v) is 12.5. The van der Waals surface area contributed by atoms with Crippen LogP contribution < -0.4 is 14.8 Å². The molecule has 0 heterocycles. The Labute approximate surface area is 193 Å². The molecule has 6 nitrogen and oxygen atoms in total. The highest BCUT2D eigenvalue weighted by Crippen LogP contribution is 2.22. The van der Waals surface area contributed by atoms with Gasteiger partial charge in [0.15, 0.2) is 6.10 Å². The highest BCUT2D eigenvalue weighted by molar-refractivity contribution is 7.89. The smallest absolute Gasteiger partial charge is 0.260 e. The van der Waals surface area contributed by atoms with Crippen molar-refractivity contribution in [3.05, 3.63) is 58.1 Å². The Kier molecular flexibility index (Phi) is 8.22. The zero-order chi connectivity index (χ0) is 22.4. The van der Waals surface area contributed by atoms with Gasteiger partial charge < -0.3 is 10.1 Å². The maximum atomic E-state index is 12.6. The summed E-state index contributed by atoms with van der Waals surface area (Å²) in [7, 11) is -3.74. The van der Waals surface area contributed by atoms with E-state index in [0.717, 1.165) is 25.7 Å². The van der Waals surface area contributed by atoms with Gasteiger partial charge >= 0.3 is 0 Å². The fourth-order valence-electron chi connectivity index (χ4n) is 3.44. The van der Waals surface area contributed by atoms with Crippen molar-refractivity contribution in [2.45, 2.75) is 62.6 Å². The molecule has 0 saturated heterocycles. The first-order valence-electron chi connectivity index (χ1n) is 10.3. The Balaban J connectivity index is 1.56. The lowest BCUT2D eigenvalue weighted by atomic mass is 9.95. The molecule has 1 amide bonds. The number of hydrogen-bond donors (Lipinski definition) is 2. The van der Waals surface area contributed by atoms with Crippen LogP contribution in [-0.2, 0) is 21.4 Å². The molecule has 1 aliphatic rings. The van der Waals surface area contributed by atoms with E-state index in [1.54, 1.807) is 25.1 Å². The van der Waals surface area contributed by atoms with Gasteiger partial charge in [-0.25, -0.2) is 13.1 Å². The molecular formula is C22H26Cl2N2O4S. The van der Waals surface area contributed by atoms with Gasteiger partial charge in [0.05, 0.1) is 4.90 Å². The van der Waals surface area contributed by atoms with Crippen LogP contribution in [0.25, 0.3) is 0 Å². The third-order valence-electron chi connectivity index (χ3n) is 5.24. The van der Waals surface area contributed by atoms with E-state index in [1.807, 2.05) is 0 Å². The average Bonchev–Trinajstić information content (AvgIpc) is 2.74. The molecule has 1 aliphatic carbocycles. The molecule has 31 heavy (non-hydrogen) atoms. The van der Waals surface area contributed by atoms with Crippen LogP contribution in [0.15, 0.2) is 47.4 Å². The zero-order valence-corrected chi connectivity index (χ0v) is 19.6. The lowest BCUT2D eigenvalue weighted by molar-refractivity contribution is -0.128. The van der Waals surface area contributed by atoms with Gasteiger partial charge in [-0.3, -0.25) is 4.79 Å². The first-order chi connectivity index (χ1) is 14.7. The van der Waals surface area contributed by atoms with Crippen molar-refractivity contribution in [1.82, 2.24) is 10.0 Å². The standard InChI is InChI=1S/C22H26Cl2N2O4S/c1-15(22(27)26-18-5-3-2-4-6-18)30-19-9-11-20(12-10-19)31(28,29)25-14-16-7-8-17(23)13-21(16)24/h7-13,15,18,25H,2-6,14H2,1H3,(H,26,27)/t15-/m0/s1. The summed E-state index contributed by atoms with van der Waals surface area (Å²) in [6.45, 7) is 1.72. The maximum absolute atomic E-state index is 12.6. The fourth-order valence-corrected chi connectivity index (χ4v) is 4.92. The Morgan fingerprint density at radius 1 is 1.10 bits per heavy atom. The molecule has 0 spiro atoms. The minimum absolute atomic E-state index is 0.0367. The quantitative estimate of drug-likeness (QED) is 0.569. The number of benzene rings is 2. The van der Waals surface area contributed by atoms with Crippen LogP contribution in [0.3, 0.4) is 0 Å². The van der Waals surface area contributed by atoms with E-state index in [9.17, 15) is 13.2 Å². The number of ether oxygens (including phenoxy) is 1. The molecule has 1 fully saturated rings. The maximum Gasteiger partial charge on any atom is 0.260 e. The normalized spacial score (nSPS) is 16.0. The van der Waals surface area contributed by atoms with Gasteiger partial charge in [-0.2, -0.15) is 0 Å². The van der Waals surface area contributed by atoms with Gasteiger partial charge in [0.1, 0.15) is 5.75 Å². The van der Waals surface area contributed by atoms with E-state index in [4.69, 9.17) is 27.9 Å². The molecule has 168 valence electrons. The molecule has 1 atom stereocenters. The number of carbonyl (C=O) groups excluding carboxylic acids is 1.